The van der Waals surface area contributed by atoms with Gasteiger partial charge in [-0.2, -0.15) is 0 Å². The molecule has 1 aromatic carbocycles. The predicted molar refractivity (Wildman–Crippen MR) is 87.1 cm³/mol. The van der Waals surface area contributed by atoms with E-state index in [9.17, 15) is 4.79 Å². The van der Waals surface area contributed by atoms with Gasteiger partial charge in [-0.05, 0) is 32.3 Å². The van der Waals surface area contributed by atoms with E-state index in [1.807, 2.05) is 13.8 Å². The first-order valence-electron chi connectivity index (χ1n) is 8.05. The van der Waals surface area contributed by atoms with Crippen LogP contribution in [0.25, 0.3) is 0 Å². The standard InChI is InChI=1S/C18H28N2O/c1-13-7-6-8-16(11-13)18(9-4-5-10-18)12-20-17(21)14(2)15(3)19/h6-8,11,14-15H,4-5,9-10,12,19H2,1-3H3,(H,20,21). The third-order valence-electron chi connectivity index (χ3n) is 4.99. The highest BCUT2D eigenvalue weighted by atomic mass is 16.1. The molecule has 1 aliphatic carbocycles. The lowest BCUT2D eigenvalue weighted by atomic mass is 9.78. The number of amides is 1. The lowest BCUT2D eigenvalue weighted by Gasteiger charge is -2.31. The van der Waals surface area contributed by atoms with Gasteiger partial charge >= 0.3 is 0 Å². The number of benzene rings is 1. The molecule has 21 heavy (non-hydrogen) atoms. The molecule has 2 rings (SSSR count). The zero-order chi connectivity index (χ0) is 15.5. The summed E-state index contributed by atoms with van der Waals surface area (Å²) in [7, 11) is 0. The largest absolute Gasteiger partial charge is 0.355 e. The van der Waals surface area contributed by atoms with Crippen LogP contribution in [-0.2, 0) is 10.2 Å². The van der Waals surface area contributed by atoms with Crippen molar-refractivity contribution in [2.24, 2.45) is 11.7 Å². The summed E-state index contributed by atoms with van der Waals surface area (Å²) >= 11 is 0. The first kappa shape index (κ1) is 16.0. The van der Waals surface area contributed by atoms with Gasteiger partial charge in [0.1, 0.15) is 0 Å². The van der Waals surface area contributed by atoms with Crippen molar-refractivity contribution in [1.82, 2.24) is 5.32 Å². The first-order valence-corrected chi connectivity index (χ1v) is 8.05. The number of carbonyl (C=O) groups is 1. The average molecular weight is 288 g/mol. The van der Waals surface area contributed by atoms with Gasteiger partial charge < -0.3 is 11.1 Å². The summed E-state index contributed by atoms with van der Waals surface area (Å²) < 4.78 is 0. The van der Waals surface area contributed by atoms with Crippen LogP contribution < -0.4 is 11.1 Å². The molecule has 0 aromatic heterocycles. The molecule has 1 aliphatic rings. The topological polar surface area (TPSA) is 55.1 Å². The fraction of sp³-hybridized carbons (Fsp3) is 0.611. The molecular formula is C18H28N2O. The summed E-state index contributed by atoms with van der Waals surface area (Å²) in [4.78, 5) is 12.2. The van der Waals surface area contributed by atoms with Crippen molar-refractivity contribution in [3.63, 3.8) is 0 Å². The van der Waals surface area contributed by atoms with E-state index in [4.69, 9.17) is 5.73 Å². The number of nitrogens with two attached hydrogens (primary N) is 1. The fourth-order valence-electron chi connectivity index (χ4n) is 3.25. The van der Waals surface area contributed by atoms with E-state index in [2.05, 4.69) is 36.5 Å². The Morgan fingerprint density at radius 3 is 2.57 bits per heavy atom. The third kappa shape index (κ3) is 3.65. The highest BCUT2D eigenvalue weighted by Gasteiger charge is 2.36. The Balaban J connectivity index is 2.11. The minimum absolute atomic E-state index is 0.0731. The van der Waals surface area contributed by atoms with E-state index in [1.54, 1.807) is 0 Å². The van der Waals surface area contributed by atoms with Crippen LogP contribution in [-0.4, -0.2) is 18.5 Å². The van der Waals surface area contributed by atoms with Crippen LogP contribution >= 0.6 is 0 Å². The normalized spacial score (nSPS) is 20.0. The van der Waals surface area contributed by atoms with Crippen molar-refractivity contribution in [1.29, 1.82) is 0 Å². The fourth-order valence-corrected chi connectivity index (χ4v) is 3.25. The smallest absolute Gasteiger partial charge is 0.224 e. The van der Waals surface area contributed by atoms with Crippen LogP contribution in [0.4, 0.5) is 0 Å². The maximum absolute atomic E-state index is 12.2. The lowest BCUT2D eigenvalue weighted by molar-refractivity contribution is -0.125. The molecule has 0 saturated heterocycles. The van der Waals surface area contributed by atoms with Crippen molar-refractivity contribution in [3.8, 4) is 0 Å². The zero-order valence-electron chi connectivity index (χ0n) is 13.5. The highest BCUT2D eigenvalue weighted by molar-refractivity contribution is 5.79. The van der Waals surface area contributed by atoms with Gasteiger partial charge in [0.2, 0.25) is 5.91 Å². The number of aryl methyl sites for hydroxylation is 1. The van der Waals surface area contributed by atoms with Crippen molar-refractivity contribution < 1.29 is 4.79 Å². The average Bonchev–Trinajstić information content (AvgIpc) is 2.94. The summed E-state index contributed by atoms with van der Waals surface area (Å²) in [5.74, 6) is -0.0649. The molecule has 1 aromatic rings. The Morgan fingerprint density at radius 1 is 1.33 bits per heavy atom. The first-order chi connectivity index (χ1) is 9.94. The molecule has 1 fully saturated rings. The predicted octanol–water partition coefficient (Wildman–Crippen LogP) is 2.91. The summed E-state index contributed by atoms with van der Waals surface area (Å²) in [6.45, 7) is 6.64. The van der Waals surface area contributed by atoms with Crippen LogP contribution in [0, 0.1) is 12.8 Å². The molecule has 0 spiro atoms. The molecule has 1 saturated carbocycles. The lowest BCUT2D eigenvalue weighted by Crippen LogP contribution is -2.44. The molecule has 0 aliphatic heterocycles. The van der Waals surface area contributed by atoms with Gasteiger partial charge in [0.05, 0.1) is 0 Å². The Labute approximate surface area is 128 Å². The van der Waals surface area contributed by atoms with Crippen molar-refractivity contribution in [2.45, 2.75) is 57.9 Å². The number of hydrogen-bond donors (Lipinski definition) is 2. The monoisotopic (exact) mass is 288 g/mol. The van der Waals surface area contributed by atoms with Gasteiger partial charge in [0, 0.05) is 23.9 Å². The van der Waals surface area contributed by atoms with Crippen LogP contribution in [0.2, 0.25) is 0 Å². The molecule has 2 unspecified atom stereocenters. The van der Waals surface area contributed by atoms with E-state index in [0.29, 0.717) is 0 Å². The van der Waals surface area contributed by atoms with E-state index >= 15 is 0 Å². The van der Waals surface area contributed by atoms with E-state index < -0.39 is 0 Å². The molecule has 0 heterocycles. The number of nitrogens with one attached hydrogen (secondary N) is 1. The molecule has 3 N–H and O–H groups in total. The Bertz CT molecular complexity index is 490. The van der Waals surface area contributed by atoms with Crippen LogP contribution in [0.1, 0.15) is 50.7 Å². The highest BCUT2D eigenvalue weighted by Crippen LogP contribution is 2.40. The SMILES string of the molecule is Cc1cccc(C2(CNC(=O)C(C)C(C)N)CCCC2)c1. The van der Waals surface area contributed by atoms with E-state index in [-0.39, 0.29) is 23.3 Å². The van der Waals surface area contributed by atoms with E-state index in [0.717, 1.165) is 19.4 Å². The minimum Gasteiger partial charge on any atom is -0.355 e. The van der Waals surface area contributed by atoms with Crippen molar-refractivity contribution >= 4 is 5.91 Å². The summed E-state index contributed by atoms with van der Waals surface area (Å²) in [5, 5.41) is 3.15. The number of carbonyl (C=O) groups excluding carboxylic acids is 1. The van der Waals surface area contributed by atoms with Crippen LogP contribution in [0.3, 0.4) is 0 Å². The quantitative estimate of drug-likeness (QED) is 0.875. The second-order valence-electron chi connectivity index (χ2n) is 6.72. The Hall–Kier alpha value is -1.35. The molecule has 116 valence electrons. The number of hydrogen-bond acceptors (Lipinski definition) is 2. The third-order valence-corrected chi connectivity index (χ3v) is 4.99. The summed E-state index contributed by atoms with van der Waals surface area (Å²) in [6.07, 6.45) is 4.80. The summed E-state index contributed by atoms with van der Waals surface area (Å²) in [6, 6.07) is 8.62. The van der Waals surface area contributed by atoms with Crippen molar-refractivity contribution in [3.05, 3.63) is 35.4 Å². The molecule has 2 atom stereocenters. The molecule has 3 heteroatoms. The van der Waals surface area contributed by atoms with Gasteiger partial charge in [-0.25, -0.2) is 0 Å². The maximum Gasteiger partial charge on any atom is 0.224 e. The molecule has 0 radical (unpaired) electrons. The maximum atomic E-state index is 12.2. The van der Waals surface area contributed by atoms with E-state index in [1.165, 1.54) is 24.0 Å². The second-order valence-corrected chi connectivity index (χ2v) is 6.72. The Morgan fingerprint density at radius 2 is 2.00 bits per heavy atom. The zero-order valence-corrected chi connectivity index (χ0v) is 13.5. The minimum atomic E-state index is -0.138. The van der Waals surface area contributed by atoms with Gasteiger partial charge in [0.15, 0.2) is 0 Å². The molecule has 3 nitrogen and oxygen atoms in total. The Kier molecular flexibility index (Phi) is 5.04. The van der Waals surface area contributed by atoms with Gasteiger partial charge in [-0.15, -0.1) is 0 Å². The summed E-state index contributed by atoms with van der Waals surface area (Å²) in [5.41, 5.74) is 8.59. The second kappa shape index (κ2) is 6.61. The van der Waals surface area contributed by atoms with Crippen LogP contribution in [0.15, 0.2) is 24.3 Å². The van der Waals surface area contributed by atoms with Crippen LogP contribution in [0.5, 0.6) is 0 Å². The number of rotatable bonds is 5. The molecule has 1 amide bonds. The van der Waals surface area contributed by atoms with Gasteiger partial charge in [0.25, 0.3) is 0 Å². The van der Waals surface area contributed by atoms with Crippen molar-refractivity contribution in [2.75, 3.05) is 6.54 Å². The van der Waals surface area contributed by atoms with Gasteiger partial charge in [-0.1, -0.05) is 49.6 Å². The molecule has 0 bridgehead atoms. The molecular weight excluding hydrogens is 260 g/mol. The van der Waals surface area contributed by atoms with Gasteiger partial charge in [-0.3, -0.25) is 4.79 Å².